The summed E-state index contributed by atoms with van der Waals surface area (Å²) in [6.07, 6.45) is 1.40. The van der Waals surface area contributed by atoms with Gasteiger partial charge in [-0.3, -0.25) is 14.9 Å². The molecule has 102 valence electrons. The van der Waals surface area contributed by atoms with Gasteiger partial charge in [-0.1, -0.05) is 15.9 Å². The molecule has 0 atom stereocenters. The maximum atomic E-state index is 12.0. The van der Waals surface area contributed by atoms with Gasteiger partial charge in [0.15, 0.2) is 0 Å². The molecule has 0 radical (unpaired) electrons. The van der Waals surface area contributed by atoms with Crippen molar-refractivity contribution in [1.29, 1.82) is 0 Å². The maximum absolute atomic E-state index is 12.0. The summed E-state index contributed by atoms with van der Waals surface area (Å²) in [6.45, 7) is 0. The molecule has 0 aliphatic carbocycles. The average molecular weight is 337 g/mol. The van der Waals surface area contributed by atoms with E-state index in [0.29, 0.717) is 16.0 Å². The third-order valence-corrected chi connectivity index (χ3v) is 2.86. The number of carbonyl (C=O) groups is 1. The van der Waals surface area contributed by atoms with Gasteiger partial charge in [0.2, 0.25) is 0 Å². The number of halogens is 1. The van der Waals surface area contributed by atoms with Gasteiger partial charge in [0.25, 0.3) is 11.6 Å². The summed E-state index contributed by atoms with van der Waals surface area (Å²) in [5.74, 6) is -0.137. The third-order valence-electron chi connectivity index (χ3n) is 2.40. The summed E-state index contributed by atoms with van der Waals surface area (Å²) < 4.78 is 0.451. The van der Waals surface area contributed by atoms with Crippen LogP contribution >= 0.6 is 15.9 Å². The molecule has 3 N–H and O–H groups in total. The predicted octanol–water partition coefficient (Wildman–Crippen LogP) is 2.59. The number of non-ortho nitro benzene ring substituents is 1. The molecule has 0 saturated heterocycles. The lowest BCUT2D eigenvalue weighted by molar-refractivity contribution is -0.384. The van der Waals surface area contributed by atoms with Crippen LogP contribution < -0.4 is 11.1 Å². The Kier molecular flexibility index (Phi) is 3.94. The minimum atomic E-state index is -0.563. The van der Waals surface area contributed by atoms with E-state index in [4.69, 9.17) is 5.73 Å². The number of hydrogen-bond acceptors (Lipinski definition) is 5. The first kappa shape index (κ1) is 13.9. The molecule has 0 unspecified atom stereocenters. The molecule has 1 aromatic heterocycles. The number of amides is 1. The van der Waals surface area contributed by atoms with Crippen molar-refractivity contribution in [3.05, 3.63) is 56.7 Å². The van der Waals surface area contributed by atoms with Crippen molar-refractivity contribution in [2.45, 2.75) is 0 Å². The highest BCUT2D eigenvalue weighted by Gasteiger charge is 2.14. The van der Waals surface area contributed by atoms with Crippen molar-refractivity contribution >= 4 is 39.0 Å². The van der Waals surface area contributed by atoms with E-state index in [-0.39, 0.29) is 11.3 Å². The number of benzene rings is 1. The number of anilines is 2. The zero-order chi connectivity index (χ0) is 14.7. The number of nitrogens with zero attached hydrogens (tertiary/aromatic N) is 2. The normalized spacial score (nSPS) is 10.1. The molecule has 0 bridgehead atoms. The molecule has 2 rings (SSSR count). The van der Waals surface area contributed by atoms with Crippen molar-refractivity contribution in [2.75, 3.05) is 11.1 Å². The van der Waals surface area contributed by atoms with E-state index in [1.54, 1.807) is 12.1 Å². The number of nitrogen functional groups attached to an aromatic ring is 1. The van der Waals surface area contributed by atoms with Crippen LogP contribution in [0.1, 0.15) is 10.4 Å². The average Bonchev–Trinajstić information content (AvgIpc) is 2.40. The van der Waals surface area contributed by atoms with E-state index in [1.165, 1.54) is 24.4 Å². The maximum Gasteiger partial charge on any atom is 0.271 e. The molecule has 0 fully saturated rings. The SMILES string of the molecule is Nc1ccc(NC(=O)c2cc(Br)cc([N+](=O)[O-])c2)cn1. The van der Waals surface area contributed by atoms with Gasteiger partial charge in [0, 0.05) is 22.2 Å². The van der Waals surface area contributed by atoms with E-state index in [9.17, 15) is 14.9 Å². The molecule has 2 aromatic rings. The van der Waals surface area contributed by atoms with Crippen molar-refractivity contribution < 1.29 is 9.72 Å². The summed E-state index contributed by atoms with van der Waals surface area (Å²) in [6, 6.07) is 7.14. The Balaban J connectivity index is 2.25. The quantitative estimate of drug-likeness (QED) is 0.660. The lowest BCUT2D eigenvalue weighted by Gasteiger charge is -2.05. The largest absolute Gasteiger partial charge is 0.384 e. The van der Waals surface area contributed by atoms with Crippen LogP contribution in [0.2, 0.25) is 0 Å². The number of nitrogens with one attached hydrogen (secondary N) is 1. The van der Waals surface area contributed by atoms with Crippen molar-refractivity contribution in [1.82, 2.24) is 4.98 Å². The van der Waals surface area contributed by atoms with Gasteiger partial charge in [0.1, 0.15) is 5.82 Å². The van der Waals surface area contributed by atoms with E-state index >= 15 is 0 Å². The standard InChI is InChI=1S/C12H9BrN4O3/c13-8-3-7(4-10(5-8)17(19)20)12(18)16-9-1-2-11(14)15-6-9/h1-6H,(H2,14,15)(H,16,18). The second kappa shape index (κ2) is 5.66. The molecular formula is C12H9BrN4O3. The molecule has 0 spiro atoms. The predicted molar refractivity (Wildman–Crippen MR) is 77.4 cm³/mol. The van der Waals surface area contributed by atoms with Crippen molar-refractivity contribution in [3.8, 4) is 0 Å². The zero-order valence-electron chi connectivity index (χ0n) is 10.0. The third kappa shape index (κ3) is 3.29. The number of aromatic nitrogens is 1. The van der Waals surface area contributed by atoms with Crippen LogP contribution in [-0.4, -0.2) is 15.8 Å². The second-order valence-corrected chi connectivity index (χ2v) is 4.80. The fourth-order valence-corrected chi connectivity index (χ4v) is 1.97. The minimum absolute atomic E-state index is 0.167. The fourth-order valence-electron chi connectivity index (χ4n) is 1.49. The Morgan fingerprint density at radius 1 is 1.35 bits per heavy atom. The minimum Gasteiger partial charge on any atom is -0.384 e. The second-order valence-electron chi connectivity index (χ2n) is 3.88. The molecule has 0 saturated carbocycles. The molecule has 8 heteroatoms. The Hall–Kier alpha value is -2.48. The van der Waals surface area contributed by atoms with Gasteiger partial charge in [-0.25, -0.2) is 4.98 Å². The highest BCUT2D eigenvalue weighted by Crippen LogP contribution is 2.22. The number of hydrogen-bond donors (Lipinski definition) is 2. The van der Waals surface area contributed by atoms with E-state index < -0.39 is 10.8 Å². The summed E-state index contributed by atoms with van der Waals surface area (Å²) in [5.41, 5.74) is 5.89. The summed E-state index contributed by atoms with van der Waals surface area (Å²) >= 11 is 3.13. The van der Waals surface area contributed by atoms with Crippen LogP contribution in [0, 0.1) is 10.1 Å². The Morgan fingerprint density at radius 3 is 2.70 bits per heavy atom. The van der Waals surface area contributed by atoms with Crippen LogP contribution in [0.5, 0.6) is 0 Å². The molecule has 7 nitrogen and oxygen atoms in total. The molecule has 20 heavy (non-hydrogen) atoms. The lowest BCUT2D eigenvalue weighted by atomic mass is 10.2. The molecule has 1 aromatic carbocycles. The van der Waals surface area contributed by atoms with Gasteiger partial charge < -0.3 is 11.1 Å². The molecule has 0 aliphatic rings. The topological polar surface area (TPSA) is 111 Å². The van der Waals surface area contributed by atoms with Crippen molar-refractivity contribution in [3.63, 3.8) is 0 Å². The van der Waals surface area contributed by atoms with Gasteiger partial charge >= 0.3 is 0 Å². The number of pyridine rings is 1. The van der Waals surface area contributed by atoms with Crippen molar-refractivity contribution in [2.24, 2.45) is 0 Å². The van der Waals surface area contributed by atoms with Gasteiger partial charge in [0.05, 0.1) is 16.8 Å². The van der Waals surface area contributed by atoms with Gasteiger partial charge in [-0.15, -0.1) is 0 Å². The Morgan fingerprint density at radius 2 is 2.10 bits per heavy atom. The number of nitro benzene ring substituents is 1. The first-order chi connectivity index (χ1) is 9.45. The van der Waals surface area contributed by atoms with Gasteiger partial charge in [-0.05, 0) is 18.2 Å². The Bertz CT molecular complexity index is 673. The van der Waals surface area contributed by atoms with E-state index in [1.807, 2.05) is 0 Å². The molecule has 1 amide bonds. The van der Waals surface area contributed by atoms with E-state index in [0.717, 1.165) is 0 Å². The Labute approximate surface area is 122 Å². The van der Waals surface area contributed by atoms with Crippen LogP contribution in [-0.2, 0) is 0 Å². The summed E-state index contributed by atoms with van der Waals surface area (Å²) in [4.78, 5) is 26.0. The van der Waals surface area contributed by atoms with Crippen LogP contribution in [0.4, 0.5) is 17.2 Å². The molecule has 0 aliphatic heterocycles. The molecular weight excluding hydrogens is 328 g/mol. The molecule has 1 heterocycles. The summed E-state index contributed by atoms with van der Waals surface area (Å²) in [7, 11) is 0. The lowest BCUT2D eigenvalue weighted by Crippen LogP contribution is -2.12. The van der Waals surface area contributed by atoms with E-state index in [2.05, 4.69) is 26.2 Å². The van der Waals surface area contributed by atoms with Crippen LogP contribution in [0.25, 0.3) is 0 Å². The van der Waals surface area contributed by atoms with Crippen LogP contribution in [0.15, 0.2) is 41.0 Å². The highest BCUT2D eigenvalue weighted by molar-refractivity contribution is 9.10. The number of rotatable bonds is 3. The fraction of sp³-hybridized carbons (Fsp3) is 0. The highest BCUT2D eigenvalue weighted by atomic mass is 79.9. The first-order valence-electron chi connectivity index (χ1n) is 5.43. The number of nitro groups is 1. The van der Waals surface area contributed by atoms with Gasteiger partial charge in [-0.2, -0.15) is 0 Å². The number of nitrogens with two attached hydrogens (primary N) is 1. The smallest absolute Gasteiger partial charge is 0.271 e. The van der Waals surface area contributed by atoms with Crippen LogP contribution in [0.3, 0.4) is 0 Å². The monoisotopic (exact) mass is 336 g/mol. The first-order valence-corrected chi connectivity index (χ1v) is 6.23. The summed E-state index contributed by atoms with van der Waals surface area (Å²) in [5, 5.41) is 13.3. The number of carbonyl (C=O) groups excluding carboxylic acids is 1. The zero-order valence-corrected chi connectivity index (χ0v) is 11.6.